The second-order valence-corrected chi connectivity index (χ2v) is 7.46. The predicted molar refractivity (Wildman–Crippen MR) is 118 cm³/mol. The highest BCUT2D eigenvalue weighted by molar-refractivity contribution is 6.31. The minimum absolute atomic E-state index is 0.133. The smallest absolute Gasteiger partial charge is 0.254 e. The fourth-order valence-electron chi connectivity index (χ4n) is 3.32. The van der Waals surface area contributed by atoms with E-state index in [4.69, 9.17) is 21.1 Å². The first-order valence-corrected chi connectivity index (χ1v) is 10.2. The lowest BCUT2D eigenvalue weighted by molar-refractivity contribution is -0.122. The average Bonchev–Trinajstić information content (AvgIpc) is 2.76. The lowest BCUT2D eigenvalue weighted by atomic mass is 10.2. The van der Waals surface area contributed by atoms with E-state index in [0.717, 1.165) is 48.9 Å². The van der Waals surface area contributed by atoms with Gasteiger partial charge in [-0.1, -0.05) is 29.8 Å². The number of ether oxygens (including phenoxy) is 2. The average molecular weight is 431 g/mol. The number of hydrogen-bond acceptors (Lipinski definition) is 6. The molecular formula is C22H27ClN4O3. The summed E-state index contributed by atoms with van der Waals surface area (Å²) in [5.74, 6) is 1.13. The molecule has 0 radical (unpaired) electrons. The molecule has 0 aliphatic carbocycles. The molecule has 1 heterocycles. The fourth-order valence-corrected chi connectivity index (χ4v) is 3.52. The van der Waals surface area contributed by atoms with Crippen molar-refractivity contribution in [2.24, 2.45) is 5.10 Å². The summed E-state index contributed by atoms with van der Waals surface area (Å²) in [7, 11) is 3.16. The number of rotatable bonds is 8. The van der Waals surface area contributed by atoms with Crippen LogP contribution in [0.1, 0.15) is 11.1 Å². The molecule has 0 atom stereocenters. The molecule has 3 rings (SSSR count). The predicted octanol–water partition coefficient (Wildman–Crippen LogP) is 2.63. The van der Waals surface area contributed by atoms with Crippen LogP contribution in [0.5, 0.6) is 11.5 Å². The van der Waals surface area contributed by atoms with Crippen LogP contribution < -0.4 is 14.9 Å². The Morgan fingerprint density at radius 3 is 2.47 bits per heavy atom. The van der Waals surface area contributed by atoms with Crippen LogP contribution in [0.15, 0.2) is 47.6 Å². The van der Waals surface area contributed by atoms with E-state index in [9.17, 15) is 4.79 Å². The van der Waals surface area contributed by atoms with E-state index in [0.29, 0.717) is 18.0 Å². The number of benzene rings is 2. The first-order valence-electron chi connectivity index (χ1n) is 9.81. The standard InChI is InChI=1S/C22H27ClN4O3/c1-29-20-8-7-17(13-21(20)30-2)14-24-25-22(28)16-27-11-9-26(10-12-27)15-18-5-3-4-6-19(18)23/h3-8,13-14H,9-12,15-16H2,1-2H3,(H,25,28). The Labute approximate surface area is 182 Å². The molecule has 1 fully saturated rings. The van der Waals surface area contributed by atoms with Gasteiger partial charge in [-0.25, -0.2) is 5.43 Å². The van der Waals surface area contributed by atoms with Crippen molar-refractivity contribution in [3.63, 3.8) is 0 Å². The number of halogens is 1. The molecular weight excluding hydrogens is 404 g/mol. The number of piperazine rings is 1. The van der Waals surface area contributed by atoms with Crippen LogP contribution in [0, 0.1) is 0 Å². The molecule has 0 unspecified atom stereocenters. The molecule has 1 N–H and O–H groups in total. The Hall–Kier alpha value is -2.61. The summed E-state index contributed by atoms with van der Waals surface area (Å²) < 4.78 is 10.5. The topological polar surface area (TPSA) is 66.4 Å². The maximum absolute atomic E-state index is 12.2. The zero-order valence-electron chi connectivity index (χ0n) is 17.3. The zero-order chi connectivity index (χ0) is 21.3. The van der Waals surface area contributed by atoms with Crippen molar-refractivity contribution < 1.29 is 14.3 Å². The Balaban J connectivity index is 1.42. The van der Waals surface area contributed by atoms with Gasteiger partial charge in [0.2, 0.25) is 0 Å². The molecule has 30 heavy (non-hydrogen) atoms. The van der Waals surface area contributed by atoms with Crippen LogP contribution in [0.2, 0.25) is 5.02 Å². The van der Waals surface area contributed by atoms with Crippen LogP contribution >= 0.6 is 11.6 Å². The lowest BCUT2D eigenvalue weighted by Gasteiger charge is -2.34. The van der Waals surface area contributed by atoms with Crippen LogP contribution in [-0.2, 0) is 11.3 Å². The van der Waals surface area contributed by atoms with Crippen molar-refractivity contribution in [2.45, 2.75) is 6.54 Å². The van der Waals surface area contributed by atoms with Crippen molar-refractivity contribution in [3.05, 3.63) is 58.6 Å². The molecule has 0 bridgehead atoms. The number of amides is 1. The number of nitrogens with one attached hydrogen (secondary N) is 1. The van der Waals surface area contributed by atoms with E-state index < -0.39 is 0 Å². The highest BCUT2D eigenvalue weighted by atomic mass is 35.5. The molecule has 1 aliphatic heterocycles. The number of hydrazone groups is 1. The van der Waals surface area contributed by atoms with Gasteiger partial charge in [-0.15, -0.1) is 0 Å². The van der Waals surface area contributed by atoms with Crippen molar-refractivity contribution >= 4 is 23.7 Å². The van der Waals surface area contributed by atoms with Gasteiger partial charge in [-0.05, 0) is 35.4 Å². The molecule has 0 spiro atoms. The molecule has 7 nitrogen and oxygen atoms in total. The third kappa shape index (κ3) is 6.19. The molecule has 0 saturated carbocycles. The minimum Gasteiger partial charge on any atom is -0.493 e. The van der Waals surface area contributed by atoms with Gasteiger partial charge in [-0.2, -0.15) is 5.10 Å². The Kier molecular flexibility index (Phi) is 8.07. The zero-order valence-corrected chi connectivity index (χ0v) is 18.1. The van der Waals surface area contributed by atoms with Gasteiger partial charge in [-0.3, -0.25) is 14.6 Å². The van der Waals surface area contributed by atoms with E-state index in [2.05, 4.69) is 26.4 Å². The normalized spacial score (nSPS) is 15.3. The largest absolute Gasteiger partial charge is 0.493 e. The van der Waals surface area contributed by atoms with Crippen LogP contribution in [0.4, 0.5) is 0 Å². The highest BCUT2D eigenvalue weighted by Gasteiger charge is 2.19. The molecule has 1 aliphatic rings. The summed E-state index contributed by atoms with van der Waals surface area (Å²) in [4.78, 5) is 16.7. The molecule has 2 aromatic rings. The minimum atomic E-state index is -0.133. The summed E-state index contributed by atoms with van der Waals surface area (Å²) in [5, 5.41) is 4.84. The number of carbonyl (C=O) groups is 1. The van der Waals surface area contributed by atoms with Crippen molar-refractivity contribution in [1.29, 1.82) is 0 Å². The molecule has 2 aromatic carbocycles. The van der Waals surface area contributed by atoms with Crippen molar-refractivity contribution in [3.8, 4) is 11.5 Å². The molecule has 1 saturated heterocycles. The van der Waals surface area contributed by atoms with Gasteiger partial charge < -0.3 is 9.47 Å². The van der Waals surface area contributed by atoms with E-state index in [1.807, 2.05) is 24.3 Å². The molecule has 0 aromatic heterocycles. The van der Waals surface area contributed by atoms with Crippen LogP contribution in [0.3, 0.4) is 0 Å². The number of nitrogens with zero attached hydrogens (tertiary/aromatic N) is 3. The fraction of sp³-hybridized carbons (Fsp3) is 0.364. The molecule has 8 heteroatoms. The quantitative estimate of drug-likeness (QED) is 0.515. The SMILES string of the molecule is COc1ccc(C=NNC(=O)CN2CCN(Cc3ccccc3Cl)CC2)cc1OC. The van der Waals surface area contributed by atoms with Crippen LogP contribution in [-0.4, -0.2) is 68.9 Å². The monoisotopic (exact) mass is 430 g/mol. The molecule has 1 amide bonds. The van der Waals surface area contributed by atoms with Crippen molar-refractivity contribution in [2.75, 3.05) is 46.9 Å². The number of methoxy groups -OCH3 is 2. The summed E-state index contributed by atoms with van der Waals surface area (Å²) in [6.45, 7) is 4.61. The van der Waals surface area contributed by atoms with Gasteiger partial charge in [0.1, 0.15) is 0 Å². The maximum Gasteiger partial charge on any atom is 0.254 e. The lowest BCUT2D eigenvalue weighted by Crippen LogP contribution is -2.48. The van der Waals surface area contributed by atoms with Gasteiger partial charge in [0.25, 0.3) is 5.91 Å². The van der Waals surface area contributed by atoms with Gasteiger partial charge >= 0.3 is 0 Å². The third-order valence-corrected chi connectivity index (χ3v) is 5.36. The summed E-state index contributed by atoms with van der Waals surface area (Å²) >= 11 is 6.25. The first kappa shape index (κ1) is 22.1. The third-order valence-electron chi connectivity index (χ3n) is 4.99. The molecule has 160 valence electrons. The van der Waals surface area contributed by atoms with Gasteiger partial charge in [0.05, 0.1) is 27.0 Å². The summed E-state index contributed by atoms with van der Waals surface area (Å²) in [6.07, 6.45) is 1.58. The number of carbonyl (C=O) groups excluding carboxylic acids is 1. The van der Waals surface area contributed by atoms with E-state index in [1.165, 1.54) is 0 Å². The summed E-state index contributed by atoms with van der Waals surface area (Å²) in [6, 6.07) is 13.4. The van der Waals surface area contributed by atoms with E-state index >= 15 is 0 Å². The maximum atomic E-state index is 12.2. The van der Waals surface area contributed by atoms with Gasteiger partial charge in [0.15, 0.2) is 11.5 Å². The highest BCUT2D eigenvalue weighted by Crippen LogP contribution is 2.26. The Morgan fingerprint density at radius 1 is 1.07 bits per heavy atom. The Bertz CT molecular complexity index is 882. The van der Waals surface area contributed by atoms with Gasteiger partial charge in [0, 0.05) is 37.7 Å². The van der Waals surface area contributed by atoms with E-state index in [1.54, 1.807) is 32.6 Å². The van der Waals surface area contributed by atoms with E-state index in [-0.39, 0.29) is 5.91 Å². The number of hydrogen-bond donors (Lipinski definition) is 1. The van der Waals surface area contributed by atoms with Crippen molar-refractivity contribution in [1.82, 2.24) is 15.2 Å². The van der Waals surface area contributed by atoms with Crippen LogP contribution in [0.25, 0.3) is 0 Å². The Morgan fingerprint density at radius 2 is 1.77 bits per heavy atom. The first-order chi connectivity index (χ1) is 14.6. The second-order valence-electron chi connectivity index (χ2n) is 7.05. The second kappa shape index (κ2) is 11.0. The summed E-state index contributed by atoms with van der Waals surface area (Å²) in [5.41, 5.74) is 4.53.